The van der Waals surface area contributed by atoms with E-state index in [2.05, 4.69) is 31.9 Å². The minimum absolute atomic E-state index is 0.0149. The number of carbonyl (C=O) groups excluding carboxylic acids is 1. The molecule has 5 heteroatoms. The molecule has 2 aliphatic rings. The van der Waals surface area contributed by atoms with E-state index in [-0.39, 0.29) is 27.2 Å². The zero-order chi connectivity index (χ0) is 13.8. The predicted molar refractivity (Wildman–Crippen MR) is 83.0 cm³/mol. The zero-order valence-corrected chi connectivity index (χ0v) is 13.8. The molecule has 0 spiro atoms. The SMILES string of the molecule is O=C1C(Br)=C(c2ccc(O)cc2)C2(Br)C[C@H](Cl)C[C@@H]12. The van der Waals surface area contributed by atoms with Crippen LogP contribution in [0.1, 0.15) is 18.4 Å². The van der Waals surface area contributed by atoms with Gasteiger partial charge in [-0.25, -0.2) is 0 Å². The molecule has 0 bridgehead atoms. The number of hydrogen-bond acceptors (Lipinski definition) is 2. The Labute approximate surface area is 133 Å². The summed E-state index contributed by atoms with van der Waals surface area (Å²) in [4.78, 5) is 12.3. The van der Waals surface area contributed by atoms with E-state index in [1.54, 1.807) is 12.1 Å². The van der Waals surface area contributed by atoms with Crippen LogP contribution in [-0.2, 0) is 4.79 Å². The van der Waals surface area contributed by atoms with Crippen molar-refractivity contribution in [2.75, 3.05) is 0 Å². The topological polar surface area (TPSA) is 37.3 Å². The summed E-state index contributed by atoms with van der Waals surface area (Å²) in [7, 11) is 0. The van der Waals surface area contributed by atoms with Gasteiger partial charge in [-0.2, -0.15) is 0 Å². The first-order valence-corrected chi connectivity index (χ1v) is 8.02. The molecule has 1 N–H and O–H groups in total. The maximum absolute atomic E-state index is 12.3. The highest BCUT2D eigenvalue weighted by molar-refractivity contribution is 9.12. The van der Waals surface area contributed by atoms with Crippen LogP contribution in [0.3, 0.4) is 0 Å². The molecule has 100 valence electrons. The summed E-state index contributed by atoms with van der Waals surface area (Å²) >= 11 is 13.4. The van der Waals surface area contributed by atoms with Gasteiger partial charge in [0.25, 0.3) is 0 Å². The van der Waals surface area contributed by atoms with E-state index in [9.17, 15) is 9.90 Å². The molecule has 0 aliphatic heterocycles. The van der Waals surface area contributed by atoms with Crippen molar-refractivity contribution in [3.05, 3.63) is 34.3 Å². The highest BCUT2D eigenvalue weighted by Crippen LogP contribution is 2.59. The zero-order valence-electron chi connectivity index (χ0n) is 9.87. The lowest BCUT2D eigenvalue weighted by Gasteiger charge is -2.25. The van der Waals surface area contributed by atoms with E-state index >= 15 is 0 Å². The highest BCUT2D eigenvalue weighted by Gasteiger charge is 2.57. The Hall–Kier alpha value is -0.320. The van der Waals surface area contributed by atoms with Gasteiger partial charge in [0.15, 0.2) is 5.78 Å². The van der Waals surface area contributed by atoms with Crippen LogP contribution in [0.2, 0.25) is 0 Å². The summed E-state index contributed by atoms with van der Waals surface area (Å²) in [6.07, 6.45) is 1.43. The van der Waals surface area contributed by atoms with Gasteiger partial charge in [0.2, 0.25) is 0 Å². The van der Waals surface area contributed by atoms with Gasteiger partial charge in [-0.3, -0.25) is 4.79 Å². The second-order valence-corrected chi connectivity index (χ2v) is 7.88. The van der Waals surface area contributed by atoms with Gasteiger partial charge in [-0.1, -0.05) is 28.1 Å². The van der Waals surface area contributed by atoms with E-state index in [0.717, 1.165) is 17.6 Å². The average Bonchev–Trinajstić information content (AvgIpc) is 2.74. The fraction of sp³-hybridized carbons (Fsp3) is 0.357. The number of aromatic hydroxyl groups is 1. The van der Waals surface area contributed by atoms with Crippen molar-refractivity contribution in [1.82, 2.24) is 0 Å². The van der Waals surface area contributed by atoms with Crippen molar-refractivity contribution >= 4 is 54.8 Å². The van der Waals surface area contributed by atoms with Gasteiger partial charge >= 0.3 is 0 Å². The number of Topliss-reactive ketones (excluding diaryl/α,β-unsaturated/α-hetero) is 1. The number of phenolic OH excluding ortho intramolecular Hbond substituents is 1. The summed E-state index contributed by atoms with van der Waals surface area (Å²) in [5, 5.41) is 9.40. The molecule has 0 saturated heterocycles. The van der Waals surface area contributed by atoms with Crippen molar-refractivity contribution < 1.29 is 9.90 Å². The quantitative estimate of drug-likeness (QED) is 0.709. The number of alkyl halides is 2. The third kappa shape index (κ3) is 1.99. The minimum atomic E-state index is -0.383. The van der Waals surface area contributed by atoms with E-state index < -0.39 is 0 Å². The molecular weight excluding hydrogens is 395 g/mol. The smallest absolute Gasteiger partial charge is 0.175 e. The number of benzene rings is 1. The number of phenols is 1. The standard InChI is InChI=1S/C14H11Br2ClO2/c15-12-11(7-1-3-9(18)4-2-7)14(16)6-8(17)5-10(14)13(12)19/h1-4,8,10,18H,5-6H2/t8-,10+,14?/m1/s1. The van der Waals surface area contributed by atoms with Gasteiger partial charge < -0.3 is 5.11 Å². The Balaban J connectivity index is 2.13. The molecule has 2 nitrogen and oxygen atoms in total. The molecule has 3 rings (SSSR count). The fourth-order valence-corrected chi connectivity index (χ4v) is 5.98. The number of fused-ring (bicyclic) bond motifs is 1. The molecule has 0 radical (unpaired) electrons. The first kappa shape index (κ1) is 13.7. The van der Waals surface area contributed by atoms with Gasteiger partial charge in [0.05, 0.1) is 8.81 Å². The summed E-state index contributed by atoms with van der Waals surface area (Å²) in [5.41, 5.74) is 1.88. The normalized spacial score (nSPS) is 33.9. The summed E-state index contributed by atoms with van der Waals surface area (Å²) in [5.74, 6) is 0.225. The maximum Gasteiger partial charge on any atom is 0.175 e. The molecule has 19 heavy (non-hydrogen) atoms. The summed E-state index contributed by atoms with van der Waals surface area (Å²) in [6.45, 7) is 0. The molecule has 0 aromatic heterocycles. The number of allylic oxidation sites excluding steroid dienone is 2. The van der Waals surface area contributed by atoms with Crippen LogP contribution < -0.4 is 0 Å². The second-order valence-electron chi connectivity index (χ2n) is 5.05. The Bertz CT molecular complexity index is 582. The largest absolute Gasteiger partial charge is 0.508 e. The molecule has 0 amide bonds. The lowest BCUT2D eigenvalue weighted by molar-refractivity contribution is -0.117. The molecule has 1 aromatic rings. The lowest BCUT2D eigenvalue weighted by Crippen LogP contribution is -2.26. The first-order valence-electron chi connectivity index (χ1n) is 6.00. The molecule has 1 saturated carbocycles. The number of halogens is 3. The van der Waals surface area contributed by atoms with Crippen molar-refractivity contribution in [2.24, 2.45) is 5.92 Å². The van der Waals surface area contributed by atoms with E-state index in [0.29, 0.717) is 10.9 Å². The average molecular weight is 407 g/mol. The summed E-state index contributed by atoms with van der Waals surface area (Å²) < 4.78 is 0.246. The molecule has 2 aliphatic carbocycles. The van der Waals surface area contributed by atoms with Crippen LogP contribution in [0.15, 0.2) is 28.7 Å². The Morgan fingerprint density at radius 3 is 2.58 bits per heavy atom. The fourth-order valence-electron chi connectivity index (χ4n) is 3.03. The van der Waals surface area contributed by atoms with Crippen molar-refractivity contribution in [3.63, 3.8) is 0 Å². The third-order valence-electron chi connectivity index (χ3n) is 3.89. The van der Waals surface area contributed by atoms with Crippen molar-refractivity contribution in [1.29, 1.82) is 0 Å². The minimum Gasteiger partial charge on any atom is -0.508 e. The number of rotatable bonds is 1. The lowest BCUT2D eigenvalue weighted by atomic mass is 9.90. The second kappa shape index (κ2) is 4.61. The third-order valence-corrected chi connectivity index (χ3v) is 6.28. The van der Waals surface area contributed by atoms with E-state index in [1.807, 2.05) is 12.1 Å². The maximum atomic E-state index is 12.3. The number of ketones is 1. The molecule has 3 atom stereocenters. The van der Waals surface area contributed by atoms with Crippen LogP contribution in [0, 0.1) is 5.92 Å². The van der Waals surface area contributed by atoms with Crippen LogP contribution in [0.4, 0.5) is 0 Å². The molecule has 0 heterocycles. The van der Waals surface area contributed by atoms with Crippen LogP contribution in [0.5, 0.6) is 5.75 Å². The highest BCUT2D eigenvalue weighted by atomic mass is 79.9. The van der Waals surface area contributed by atoms with Crippen LogP contribution in [0.25, 0.3) is 5.57 Å². The van der Waals surface area contributed by atoms with Gasteiger partial charge in [0, 0.05) is 11.3 Å². The van der Waals surface area contributed by atoms with Gasteiger partial charge in [-0.05, 0) is 52.0 Å². The number of hydrogen-bond donors (Lipinski definition) is 1. The Morgan fingerprint density at radius 1 is 1.32 bits per heavy atom. The van der Waals surface area contributed by atoms with Crippen molar-refractivity contribution in [2.45, 2.75) is 22.5 Å². The van der Waals surface area contributed by atoms with Gasteiger partial charge in [0.1, 0.15) is 5.75 Å². The Kier molecular flexibility index (Phi) is 3.31. The van der Waals surface area contributed by atoms with Crippen molar-refractivity contribution in [3.8, 4) is 5.75 Å². The predicted octanol–water partition coefficient (Wildman–Crippen LogP) is 4.23. The molecular formula is C14H11Br2ClO2. The molecule has 1 fully saturated rings. The molecule has 1 aromatic carbocycles. The first-order chi connectivity index (χ1) is 8.93. The van der Waals surface area contributed by atoms with Crippen LogP contribution >= 0.6 is 43.5 Å². The number of carbonyl (C=O) groups is 1. The Morgan fingerprint density at radius 2 is 1.95 bits per heavy atom. The summed E-state index contributed by atoms with van der Waals surface area (Å²) in [6, 6.07) is 6.91. The van der Waals surface area contributed by atoms with Crippen LogP contribution in [-0.4, -0.2) is 20.6 Å². The van der Waals surface area contributed by atoms with E-state index in [1.165, 1.54) is 0 Å². The monoisotopic (exact) mass is 404 g/mol. The molecule has 1 unspecified atom stereocenters. The van der Waals surface area contributed by atoms with Gasteiger partial charge in [-0.15, -0.1) is 11.6 Å². The van der Waals surface area contributed by atoms with E-state index in [4.69, 9.17) is 11.6 Å².